The van der Waals surface area contributed by atoms with Crippen molar-refractivity contribution in [2.75, 3.05) is 13.2 Å². The van der Waals surface area contributed by atoms with E-state index in [-0.39, 0.29) is 17.9 Å². The summed E-state index contributed by atoms with van der Waals surface area (Å²) in [6.45, 7) is 4.59. The van der Waals surface area contributed by atoms with E-state index in [4.69, 9.17) is 9.26 Å². The number of aliphatic hydroxyl groups is 1. The van der Waals surface area contributed by atoms with E-state index in [0.717, 1.165) is 24.1 Å². The Labute approximate surface area is 140 Å². The lowest BCUT2D eigenvalue weighted by Gasteiger charge is -2.15. The van der Waals surface area contributed by atoms with Crippen LogP contribution < -0.4 is 10.1 Å². The minimum absolute atomic E-state index is 0.109. The van der Waals surface area contributed by atoms with Crippen molar-refractivity contribution in [3.8, 4) is 5.75 Å². The largest absolute Gasteiger partial charge is 0.488 e. The van der Waals surface area contributed by atoms with Gasteiger partial charge in [0.25, 0.3) is 5.91 Å². The van der Waals surface area contributed by atoms with Crippen LogP contribution in [0.3, 0.4) is 0 Å². The van der Waals surface area contributed by atoms with E-state index >= 15 is 0 Å². The van der Waals surface area contributed by atoms with Gasteiger partial charge in [0.15, 0.2) is 0 Å². The van der Waals surface area contributed by atoms with E-state index in [1.54, 1.807) is 18.2 Å². The topological polar surface area (TPSA) is 84.6 Å². The molecule has 1 heterocycles. The number of benzene rings is 1. The van der Waals surface area contributed by atoms with Gasteiger partial charge in [0.05, 0.1) is 23.4 Å². The summed E-state index contributed by atoms with van der Waals surface area (Å²) in [5, 5.41) is 16.1. The third-order valence-corrected chi connectivity index (χ3v) is 4.60. The molecule has 1 saturated carbocycles. The summed E-state index contributed by atoms with van der Waals surface area (Å²) in [6, 6.07) is 7.13. The molecular formula is C18H22N2O4. The van der Waals surface area contributed by atoms with Crippen LogP contribution in [-0.2, 0) is 6.61 Å². The van der Waals surface area contributed by atoms with Gasteiger partial charge in [-0.25, -0.2) is 0 Å². The minimum atomic E-state index is -0.191. The predicted octanol–water partition coefficient (Wildman–Crippen LogP) is 2.37. The molecule has 0 bridgehead atoms. The third-order valence-electron chi connectivity index (χ3n) is 4.60. The van der Waals surface area contributed by atoms with Gasteiger partial charge in [-0.2, -0.15) is 0 Å². The second-order valence-electron chi connectivity index (χ2n) is 6.43. The van der Waals surface area contributed by atoms with Crippen LogP contribution in [0.25, 0.3) is 0 Å². The molecule has 0 saturated heterocycles. The maximum atomic E-state index is 12.4. The van der Waals surface area contributed by atoms with Crippen molar-refractivity contribution in [2.24, 2.45) is 5.41 Å². The van der Waals surface area contributed by atoms with Crippen molar-refractivity contribution in [1.29, 1.82) is 0 Å². The van der Waals surface area contributed by atoms with Crippen LogP contribution in [0.5, 0.6) is 5.75 Å². The van der Waals surface area contributed by atoms with Gasteiger partial charge >= 0.3 is 0 Å². The average Bonchev–Trinajstić information content (AvgIpc) is 3.32. The smallest absolute Gasteiger partial charge is 0.255 e. The zero-order chi connectivity index (χ0) is 17.2. The molecule has 0 spiro atoms. The average molecular weight is 330 g/mol. The first-order chi connectivity index (χ1) is 11.5. The number of carbonyl (C=O) groups is 1. The number of hydrogen-bond donors (Lipinski definition) is 2. The molecule has 3 rings (SSSR count). The van der Waals surface area contributed by atoms with Gasteiger partial charge in [-0.05, 0) is 38.8 Å². The van der Waals surface area contributed by atoms with Crippen LogP contribution in [0.15, 0.2) is 28.8 Å². The molecule has 6 nitrogen and oxygen atoms in total. The van der Waals surface area contributed by atoms with Gasteiger partial charge in [0, 0.05) is 12.0 Å². The molecular weight excluding hydrogens is 308 g/mol. The highest BCUT2D eigenvalue weighted by Gasteiger charge is 2.42. The molecule has 1 aromatic carbocycles. The Bertz CT molecular complexity index is 715. The summed E-state index contributed by atoms with van der Waals surface area (Å²) in [5.74, 6) is 1.04. The first-order valence-electron chi connectivity index (χ1n) is 8.07. The number of aryl methyl sites for hydroxylation is 2. The summed E-state index contributed by atoms with van der Waals surface area (Å²) in [6.07, 6.45) is 1.90. The second-order valence-corrected chi connectivity index (χ2v) is 6.43. The van der Waals surface area contributed by atoms with Crippen molar-refractivity contribution in [1.82, 2.24) is 10.5 Å². The van der Waals surface area contributed by atoms with Crippen LogP contribution in [0, 0.1) is 19.3 Å². The SMILES string of the molecule is Cc1noc(C)c1COc1ccccc1C(=O)NCC1(CO)CC1. The monoisotopic (exact) mass is 330 g/mol. The third kappa shape index (κ3) is 3.43. The highest BCUT2D eigenvalue weighted by Crippen LogP contribution is 2.44. The summed E-state index contributed by atoms with van der Waals surface area (Å²) in [5.41, 5.74) is 2.04. The molecule has 1 aliphatic rings. The number of rotatable bonds is 7. The van der Waals surface area contributed by atoms with Crippen molar-refractivity contribution in [2.45, 2.75) is 33.3 Å². The Balaban J connectivity index is 1.67. The Kier molecular flexibility index (Phi) is 4.57. The summed E-state index contributed by atoms with van der Waals surface area (Å²) < 4.78 is 11.0. The van der Waals surface area contributed by atoms with E-state index in [1.807, 2.05) is 19.9 Å². The Morgan fingerprint density at radius 1 is 1.38 bits per heavy atom. The molecule has 1 amide bonds. The number of aromatic nitrogens is 1. The summed E-state index contributed by atoms with van der Waals surface area (Å²) in [4.78, 5) is 12.4. The molecule has 1 aromatic heterocycles. The van der Waals surface area contributed by atoms with Gasteiger partial charge in [-0.15, -0.1) is 0 Å². The van der Waals surface area contributed by atoms with Gasteiger partial charge < -0.3 is 19.7 Å². The molecule has 0 radical (unpaired) electrons. The van der Waals surface area contributed by atoms with Gasteiger partial charge in [-0.1, -0.05) is 17.3 Å². The fraction of sp³-hybridized carbons (Fsp3) is 0.444. The first-order valence-corrected chi connectivity index (χ1v) is 8.07. The molecule has 6 heteroatoms. The number of carbonyl (C=O) groups excluding carboxylic acids is 1. The highest BCUT2D eigenvalue weighted by atomic mass is 16.5. The molecule has 2 N–H and O–H groups in total. The maximum absolute atomic E-state index is 12.4. The molecule has 0 aliphatic heterocycles. The van der Waals surface area contributed by atoms with Gasteiger partial charge in [-0.3, -0.25) is 4.79 Å². The maximum Gasteiger partial charge on any atom is 0.255 e. The molecule has 1 fully saturated rings. The zero-order valence-corrected chi connectivity index (χ0v) is 14.0. The fourth-order valence-electron chi connectivity index (χ4n) is 2.57. The zero-order valence-electron chi connectivity index (χ0n) is 14.0. The predicted molar refractivity (Wildman–Crippen MR) is 87.8 cm³/mol. The van der Waals surface area contributed by atoms with E-state index < -0.39 is 0 Å². The standard InChI is InChI=1S/C18H22N2O4/c1-12-15(13(2)24-20-12)9-23-16-6-4-3-5-14(16)17(22)19-10-18(11-21)7-8-18/h3-6,21H,7-11H2,1-2H3,(H,19,22). The normalized spacial score (nSPS) is 15.1. The van der Waals surface area contributed by atoms with E-state index in [2.05, 4.69) is 10.5 Å². The summed E-state index contributed by atoms with van der Waals surface area (Å²) in [7, 11) is 0. The van der Waals surface area contributed by atoms with Crippen LogP contribution in [0.1, 0.15) is 40.2 Å². The molecule has 0 unspecified atom stereocenters. The highest BCUT2D eigenvalue weighted by molar-refractivity contribution is 5.96. The van der Waals surface area contributed by atoms with Crippen molar-refractivity contribution >= 4 is 5.91 Å². The molecule has 2 aromatic rings. The lowest BCUT2D eigenvalue weighted by Crippen LogP contribution is -2.32. The number of ether oxygens (including phenoxy) is 1. The van der Waals surface area contributed by atoms with E-state index in [9.17, 15) is 9.90 Å². The quantitative estimate of drug-likeness (QED) is 0.814. The van der Waals surface area contributed by atoms with Crippen molar-refractivity contribution in [3.05, 3.63) is 46.8 Å². The number of aliphatic hydroxyl groups excluding tert-OH is 1. The Morgan fingerprint density at radius 3 is 2.75 bits per heavy atom. The molecule has 0 atom stereocenters. The summed E-state index contributed by atoms with van der Waals surface area (Å²) >= 11 is 0. The number of nitrogens with zero attached hydrogens (tertiary/aromatic N) is 1. The van der Waals surface area contributed by atoms with Crippen LogP contribution in [0.4, 0.5) is 0 Å². The Morgan fingerprint density at radius 2 is 2.12 bits per heavy atom. The van der Waals surface area contributed by atoms with Gasteiger partial charge in [0.2, 0.25) is 0 Å². The van der Waals surface area contributed by atoms with Crippen molar-refractivity contribution in [3.63, 3.8) is 0 Å². The fourth-order valence-corrected chi connectivity index (χ4v) is 2.57. The van der Waals surface area contributed by atoms with Crippen LogP contribution >= 0.6 is 0 Å². The second kappa shape index (κ2) is 6.65. The molecule has 128 valence electrons. The minimum Gasteiger partial charge on any atom is -0.488 e. The van der Waals surface area contributed by atoms with Crippen LogP contribution in [-0.4, -0.2) is 29.3 Å². The lowest BCUT2D eigenvalue weighted by atomic mass is 10.1. The molecule has 24 heavy (non-hydrogen) atoms. The van der Waals surface area contributed by atoms with Crippen molar-refractivity contribution < 1.29 is 19.2 Å². The number of hydrogen-bond acceptors (Lipinski definition) is 5. The Hall–Kier alpha value is -2.34. The van der Waals surface area contributed by atoms with Gasteiger partial charge in [0.1, 0.15) is 18.1 Å². The van der Waals surface area contributed by atoms with E-state index in [1.165, 1.54) is 0 Å². The molecule has 1 aliphatic carbocycles. The lowest BCUT2D eigenvalue weighted by molar-refractivity contribution is 0.0930. The number of amides is 1. The number of nitrogens with one attached hydrogen (secondary N) is 1. The van der Waals surface area contributed by atoms with Crippen LogP contribution in [0.2, 0.25) is 0 Å². The first kappa shape index (κ1) is 16.5. The number of para-hydroxylation sites is 1. The van der Waals surface area contributed by atoms with E-state index in [0.29, 0.717) is 30.2 Å².